The second-order valence-electron chi connectivity index (χ2n) is 4.08. The van der Waals surface area contributed by atoms with Crippen molar-refractivity contribution >= 4 is 17.3 Å². The van der Waals surface area contributed by atoms with Crippen LogP contribution in [-0.2, 0) is 0 Å². The van der Waals surface area contributed by atoms with E-state index in [0.717, 1.165) is 0 Å². The minimum Gasteiger partial charge on any atom is -0.328 e. The van der Waals surface area contributed by atoms with Gasteiger partial charge in [-0.25, -0.2) is 0 Å². The largest absolute Gasteiger partial charge is 0.328 e. The number of rotatable bonds is 3. The minimum absolute atomic E-state index is 0.0429. The number of aromatic amines is 1. The topological polar surface area (TPSA) is 96.3 Å². The number of hydrogen-bond acceptors (Lipinski definition) is 4. The number of nitro benzene ring substituents is 1. The summed E-state index contributed by atoms with van der Waals surface area (Å²) in [6.07, 6.45) is 1.33. The molecule has 0 aliphatic carbocycles. The Morgan fingerprint density at radius 3 is 2.35 bits per heavy atom. The molecule has 0 atom stereocenters. The van der Waals surface area contributed by atoms with E-state index in [9.17, 15) is 19.7 Å². The van der Waals surface area contributed by atoms with Crippen molar-refractivity contribution in [3.05, 3.63) is 68.6 Å². The van der Waals surface area contributed by atoms with E-state index >= 15 is 0 Å². The van der Waals surface area contributed by atoms with Gasteiger partial charge in [-0.3, -0.25) is 19.7 Å². The molecule has 0 aliphatic rings. The maximum absolute atomic E-state index is 12.1. The van der Waals surface area contributed by atoms with Crippen LogP contribution >= 0.6 is 0 Å². The SMILES string of the molecule is CN(C(=O)c1ccc(=O)[nH]c1)c1ccc([N+](=O)[O-])cc1. The zero-order chi connectivity index (χ0) is 14.7. The van der Waals surface area contributed by atoms with Gasteiger partial charge in [0.25, 0.3) is 11.6 Å². The Morgan fingerprint density at radius 1 is 1.20 bits per heavy atom. The first-order valence-electron chi connectivity index (χ1n) is 5.70. The van der Waals surface area contributed by atoms with Crippen molar-refractivity contribution in [3.8, 4) is 0 Å². The fourth-order valence-corrected chi connectivity index (χ4v) is 1.65. The van der Waals surface area contributed by atoms with Crippen molar-refractivity contribution in [1.29, 1.82) is 0 Å². The van der Waals surface area contributed by atoms with Crippen LogP contribution in [0.4, 0.5) is 11.4 Å². The third kappa shape index (κ3) is 2.72. The number of pyridine rings is 1. The van der Waals surface area contributed by atoms with E-state index in [-0.39, 0.29) is 17.2 Å². The highest BCUT2D eigenvalue weighted by molar-refractivity contribution is 6.05. The van der Waals surface area contributed by atoms with Gasteiger partial charge in [0.2, 0.25) is 5.56 Å². The molecule has 1 aromatic carbocycles. The molecule has 0 saturated heterocycles. The lowest BCUT2D eigenvalue weighted by Gasteiger charge is -2.16. The molecule has 1 amide bonds. The van der Waals surface area contributed by atoms with E-state index in [1.165, 1.54) is 47.5 Å². The number of carbonyl (C=O) groups excluding carboxylic acids is 1. The molecule has 0 aliphatic heterocycles. The molecule has 0 unspecified atom stereocenters. The Hall–Kier alpha value is -2.96. The maximum Gasteiger partial charge on any atom is 0.269 e. The minimum atomic E-state index is -0.506. The molecule has 0 bridgehead atoms. The maximum atomic E-state index is 12.1. The van der Waals surface area contributed by atoms with Gasteiger partial charge in [0.1, 0.15) is 0 Å². The van der Waals surface area contributed by atoms with Crippen molar-refractivity contribution in [2.75, 3.05) is 11.9 Å². The summed E-state index contributed by atoms with van der Waals surface area (Å²) in [7, 11) is 1.55. The average Bonchev–Trinajstić information content (AvgIpc) is 2.46. The van der Waals surface area contributed by atoms with E-state index in [1.54, 1.807) is 7.05 Å². The first kappa shape index (κ1) is 13.5. The van der Waals surface area contributed by atoms with E-state index in [1.807, 2.05) is 0 Å². The lowest BCUT2D eigenvalue weighted by atomic mass is 10.2. The Balaban J connectivity index is 2.24. The number of anilines is 1. The van der Waals surface area contributed by atoms with Crippen LogP contribution in [0.1, 0.15) is 10.4 Å². The molecule has 1 aromatic heterocycles. The third-order valence-corrected chi connectivity index (χ3v) is 2.78. The number of H-pyrrole nitrogens is 1. The molecule has 0 spiro atoms. The number of benzene rings is 1. The van der Waals surface area contributed by atoms with Gasteiger partial charge in [-0.05, 0) is 18.2 Å². The molecule has 20 heavy (non-hydrogen) atoms. The Bertz CT molecular complexity index is 686. The number of nitro groups is 1. The van der Waals surface area contributed by atoms with Crippen molar-refractivity contribution in [3.63, 3.8) is 0 Å². The summed E-state index contributed by atoms with van der Waals surface area (Å²) in [5, 5.41) is 10.6. The summed E-state index contributed by atoms with van der Waals surface area (Å²) in [6, 6.07) is 8.31. The lowest BCUT2D eigenvalue weighted by molar-refractivity contribution is -0.384. The first-order valence-corrected chi connectivity index (χ1v) is 5.70. The predicted octanol–water partition coefficient (Wildman–Crippen LogP) is 1.56. The Kier molecular flexibility index (Phi) is 3.60. The molecular formula is C13H11N3O4. The number of aromatic nitrogens is 1. The number of hydrogen-bond donors (Lipinski definition) is 1. The molecule has 2 aromatic rings. The number of non-ortho nitro benzene ring substituents is 1. The quantitative estimate of drug-likeness (QED) is 0.678. The van der Waals surface area contributed by atoms with Gasteiger partial charge < -0.3 is 9.88 Å². The molecule has 7 nitrogen and oxygen atoms in total. The van der Waals surface area contributed by atoms with Crippen LogP contribution in [-0.4, -0.2) is 22.9 Å². The second kappa shape index (κ2) is 5.35. The molecule has 0 radical (unpaired) electrons. The van der Waals surface area contributed by atoms with Gasteiger partial charge in [0.05, 0.1) is 10.5 Å². The molecule has 2 rings (SSSR count). The number of nitrogens with zero attached hydrogens (tertiary/aromatic N) is 2. The highest BCUT2D eigenvalue weighted by atomic mass is 16.6. The van der Waals surface area contributed by atoms with E-state index in [4.69, 9.17) is 0 Å². The van der Waals surface area contributed by atoms with Gasteiger partial charge in [0.15, 0.2) is 0 Å². The molecule has 1 heterocycles. The Morgan fingerprint density at radius 2 is 1.85 bits per heavy atom. The molecular weight excluding hydrogens is 262 g/mol. The third-order valence-electron chi connectivity index (χ3n) is 2.78. The average molecular weight is 273 g/mol. The number of nitrogens with one attached hydrogen (secondary N) is 1. The van der Waals surface area contributed by atoms with Crippen molar-refractivity contribution in [1.82, 2.24) is 4.98 Å². The fraction of sp³-hybridized carbons (Fsp3) is 0.0769. The van der Waals surface area contributed by atoms with Crippen molar-refractivity contribution in [2.24, 2.45) is 0 Å². The smallest absolute Gasteiger partial charge is 0.269 e. The van der Waals surface area contributed by atoms with Gasteiger partial charge in [-0.2, -0.15) is 0 Å². The summed E-state index contributed by atoms with van der Waals surface area (Å²) in [5.41, 5.74) is 0.510. The number of amides is 1. The van der Waals surface area contributed by atoms with Crippen LogP contribution in [0.3, 0.4) is 0 Å². The normalized spacial score (nSPS) is 10.1. The molecule has 102 valence electrons. The van der Waals surface area contributed by atoms with Gasteiger partial charge in [-0.15, -0.1) is 0 Å². The van der Waals surface area contributed by atoms with E-state index in [0.29, 0.717) is 11.3 Å². The summed E-state index contributed by atoms with van der Waals surface area (Å²) in [4.78, 5) is 36.9. The van der Waals surface area contributed by atoms with Crippen LogP contribution < -0.4 is 10.5 Å². The van der Waals surface area contributed by atoms with Crippen LogP contribution in [0.25, 0.3) is 0 Å². The lowest BCUT2D eigenvalue weighted by Crippen LogP contribution is -2.26. The monoisotopic (exact) mass is 273 g/mol. The molecule has 7 heteroatoms. The van der Waals surface area contributed by atoms with Gasteiger partial charge in [-0.1, -0.05) is 0 Å². The van der Waals surface area contributed by atoms with Gasteiger partial charge >= 0.3 is 0 Å². The van der Waals surface area contributed by atoms with Crippen LogP contribution in [0.5, 0.6) is 0 Å². The summed E-state index contributed by atoms with van der Waals surface area (Å²) < 4.78 is 0. The molecule has 0 saturated carbocycles. The predicted molar refractivity (Wildman–Crippen MR) is 72.9 cm³/mol. The zero-order valence-electron chi connectivity index (χ0n) is 10.6. The standard InChI is InChI=1S/C13H11N3O4/c1-15(10-3-5-11(6-4-10)16(19)20)13(18)9-2-7-12(17)14-8-9/h2-8H,1H3,(H,14,17). The second-order valence-corrected chi connectivity index (χ2v) is 4.08. The highest BCUT2D eigenvalue weighted by Crippen LogP contribution is 2.19. The first-order chi connectivity index (χ1) is 9.49. The van der Waals surface area contributed by atoms with Crippen LogP contribution in [0.2, 0.25) is 0 Å². The summed E-state index contributed by atoms with van der Waals surface area (Å²) >= 11 is 0. The zero-order valence-corrected chi connectivity index (χ0v) is 10.6. The fourth-order valence-electron chi connectivity index (χ4n) is 1.65. The molecule has 0 fully saturated rings. The van der Waals surface area contributed by atoms with Crippen molar-refractivity contribution in [2.45, 2.75) is 0 Å². The van der Waals surface area contributed by atoms with E-state index in [2.05, 4.69) is 4.98 Å². The highest BCUT2D eigenvalue weighted by Gasteiger charge is 2.14. The summed E-state index contributed by atoms with van der Waals surface area (Å²) in [5.74, 6) is -0.324. The number of carbonyl (C=O) groups is 1. The van der Waals surface area contributed by atoms with Crippen molar-refractivity contribution < 1.29 is 9.72 Å². The van der Waals surface area contributed by atoms with Crippen LogP contribution in [0.15, 0.2) is 47.4 Å². The summed E-state index contributed by atoms with van der Waals surface area (Å²) in [6.45, 7) is 0. The van der Waals surface area contributed by atoms with Crippen LogP contribution in [0, 0.1) is 10.1 Å². The van der Waals surface area contributed by atoms with Gasteiger partial charge in [0, 0.05) is 37.1 Å². The molecule has 1 N–H and O–H groups in total. The van der Waals surface area contributed by atoms with E-state index < -0.39 is 4.92 Å². The Labute approximate surface area is 113 Å².